The van der Waals surface area contributed by atoms with Crippen LogP contribution in [0.15, 0.2) is 42.7 Å². The molecule has 3 aromatic rings. The SMILES string of the molecule is Nc1ncnc2cc(C[C@]3(NC(=O)C=Cc4ccc(Cl)s4)CCNC3=O)ccc12.O=C(O)C(F)(F)F. The maximum absolute atomic E-state index is 12.6. The summed E-state index contributed by atoms with van der Waals surface area (Å²) < 4.78 is 32.4. The van der Waals surface area contributed by atoms with Gasteiger partial charge in [-0.15, -0.1) is 11.3 Å². The smallest absolute Gasteiger partial charge is 0.475 e. The Morgan fingerprint density at radius 1 is 1.28 bits per heavy atom. The molecule has 14 heteroatoms. The number of carbonyl (C=O) groups is 3. The summed E-state index contributed by atoms with van der Waals surface area (Å²) in [6, 6.07) is 9.19. The molecule has 1 aliphatic heterocycles. The molecule has 5 N–H and O–H groups in total. The Kier molecular flexibility index (Phi) is 8.15. The van der Waals surface area contributed by atoms with E-state index >= 15 is 0 Å². The summed E-state index contributed by atoms with van der Waals surface area (Å²) in [6.45, 7) is 0.506. The lowest BCUT2D eigenvalue weighted by molar-refractivity contribution is -0.192. The van der Waals surface area contributed by atoms with Crippen molar-refractivity contribution in [3.8, 4) is 0 Å². The molecule has 1 atom stereocenters. The van der Waals surface area contributed by atoms with Gasteiger partial charge in [0.2, 0.25) is 11.8 Å². The van der Waals surface area contributed by atoms with Gasteiger partial charge in [-0.3, -0.25) is 9.59 Å². The van der Waals surface area contributed by atoms with Gasteiger partial charge in [0, 0.05) is 29.3 Å². The number of nitrogens with two attached hydrogens (primary N) is 1. The van der Waals surface area contributed by atoms with E-state index in [0.717, 1.165) is 15.8 Å². The van der Waals surface area contributed by atoms with Crippen molar-refractivity contribution < 1.29 is 32.7 Å². The zero-order chi connectivity index (χ0) is 26.5. The summed E-state index contributed by atoms with van der Waals surface area (Å²) in [6.07, 6.45) is 0.276. The molecule has 190 valence electrons. The summed E-state index contributed by atoms with van der Waals surface area (Å²) in [7, 11) is 0. The number of rotatable bonds is 5. The summed E-state index contributed by atoms with van der Waals surface area (Å²) in [5, 5.41) is 13.6. The van der Waals surface area contributed by atoms with Crippen LogP contribution in [-0.4, -0.2) is 51.1 Å². The van der Waals surface area contributed by atoms with Gasteiger partial charge in [0.05, 0.1) is 9.85 Å². The molecule has 1 fully saturated rings. The van der Waals surface area contributed by atoms with E-state index in [2.05, 4.69) is 20.6 Å². The molecule has 0 unspecified atom stereocenters. The van der Waals surface area contributed by atoms with Crippen molar-refractivity contribution in [1.82, 2.24) is 20.6 Å². The third kappa shape index (κ3) is 6.70. The molecule has 0 saturated carbocycles. The second kappa shape index (κ2) is 10.9. The highest BCUT2D eigenvalue weighted by molar-refractivity contribution is 7.17. The van der Waals surface area contributed by atoms with E-state index in [-0.39, 0.29) is 11.8 Å². The van der Waals surface area contributed by atoms with E-state index in [4.69, 9.17) is 27.2 Å². The molecular formula is C22H19ClF3N5O4S. The standard InChI is InChI=1S/C20H18ClN5O2S.C2HF3O2/c21-16-5-2-13(29-16)3-6-17(27)26-20(7-8-23-19(20)28)10-12-1-4-14-15(9-12)24-11-25-18(14)22;3-2(4,5)1(6)7/h1-6,9,11H,7-8,10H2,(H,23,28)(H,26,27)(H2,22,24,25);(H,6,7)/t20-;/m1./s1. The van der Waals surface area contributed by atoms with Gasteiger partial charge in [0.15, 0.2) is 0 Å². The van der Waals surface area contributed by atoms with E-state index in [1.807, 2.05) is 24.3 Å². The van der Waals surface area contributed by atoms with Gasteiger partial charge in [0.25, 0.3) is 0 Å². The second-order valence-electron chi connectivity index (χ2n) is 7.64. The minimum absolute atomic E-state index is 0.194. The molecule has 3 heterocycles. The first-order valence-corrected chi connectivity index (χ1v) is 11.4. The Bertz CT molecular complexity index is 1330. The minimum Gasteiger partial charge on any atom is -0.475 e. The van der Waals surface area contributed by atoms with Crippen LogP contribution in [0.4, 0.5) is 19.0 Å². The molecule has 36 heavy (non-hydrogen) atoms. The average Bonchev–Trinajstić information content (AvgIpc) is 3.37. The molecule has 2 amide bonds. The van der Waals surface area contributed by atoms with E-state index in [1.165, 1.54) is 23.7 Å². The van der Waals surface area contributed by atoms with Crippen LogP contribution in [0, 0.1) is 0 Å². The molecule has 1 aliphatic rings. The lowest BCUT2D eigenvalue weighted by Crippen LogP contribution is -2.54. The van der Waals surface area contributed by atoms with Crippen LogP contribution in [0.2, 0.25) is 4.34 Å². The highest BCUT2D eigenvalue weighted by Crippen LogP contribution is 2.26. The van der Waals surface area contributed by atoms with Crippen LogP contribution in [0.3, 0.4) is 0 Å². The molecule has 2 aromatic heterocycles. The quantitative estimate of drug-likeness (QED) is 0.363. The van der Waals surface area contributed by atoms with Crippen LogP contribution in [0.1, 0.15) is 16.9 Å². The van der Waals surface area contributed by atoms with Crippen molar-refractivity contribution in [2.24, 2.45) is 0 Å². The van der Waals surface area contributed by atoms with Crippen LogP contribution in [0.5, 0.6) is 0 Å². The number of carboxylic acids is 1. The molecule has 1 aromatic carbocycles. The first kappa shape index (κ1) is 26.9. The topological polar surface area (TPSA) is 147 Å². The van der Waals surface area contributed by atoms with E-state index in [9.17, 15) is 22.8 Å². The average molecular weight is 542 g/mol. The highest BCUT2D eigenvalue weighted by atomic mass is 35.5. The van der Waals surface area contributed by atoms with Crippen molar-refractivity contribution in [2.75, 3.05) is 12.3 Å². The number of nitrogen functional groups attached to an aromatic ring is 1. The number of anilines is 1. The van der Waals surface area contributed by atoms with Crippen molar-refractivity contribution >= 4 is 63.5 Å². The second-order valence-corrected chi connectivity index (χ2v) is 9.39. The fourth-order valence-corrected chi connectivity index (χ4v) is 4.40. The van der Waals surface area contributed by atoms with E-state index in [0.29, 0.717) is 35.1 Å². The maximum Gasteiger partial charge on any atom is 0.490 e. The molecular weight excluding hydrogens is 523 g/mol. The number of hydrogen-bond donors (Lipinski definition) is 4. The zero-order valence-corrected chi connectivity index (χ0v) is 19.9. The lowest BCUT2D eigenvalue weighted by Gasteiger charge is -2.27. The van der Waals surface area contributed by atoms with E-state index < -0.39 is 17.7 Å². The number of carbonyl (C=O) groups excluding carboxylic acids is 2. The number of aliphatic carboxylic acids is 1. The predicted octanol–water partition coefficient (Wildman–Crippen LogP) is 3.19. The summed E-state index contributed by atoms with van der Waals surface area (Å²) in [4.78, 5) is 43.1. The zero-order valence-electron chi connectivity index (χ0n) is 18.3. The van der Waals surface area contributed by atoms with Gasteiger partial charge in [-0.2, -0.15) is 13.2 Å². The lowest BCUT2D eigenvalue weighted by atomic mass is 9.88. The van der Waals surface area contributed by atoms with Crippen LogP contribution >= 0.6 is 22.9 Å². The van der Waals surface area contributed by atoms with Crippen molar-refractivity contribution in [1.29, 1.82) is 0 Å². The maximum atomic E-state index is 12.6. The van der Waals surface area contributed by atoms with Crippen molar-refractivity contribution in [2.45, 2.75) is 24.6 Å². The molecule has 0 bridgehead atoms. The van der Waals surface area contributed by atoms with Gasteiger partial charge in [-0.25, -0.2) is 14.8 Å². The Labute approximate surface area is 211 Å². The van der Waals surface area contributed by atoms with Gasteiger partial charge >= 0.3 is 12.1 Å². The number of benzene rings is 1. The van der Waals surface area contributed by atoms with Crippen LogP contribution in [-0.2, 0) is 20.8 Å². The number of halogens is 4. The number of aromatic nitrogens is 2. The molecule has 4 rings (SSSR count). The number of nitrogens with one attached hydrogen (secondary N) is 2. The fraction of sp³-hybridized carbons (Fsp3) is 0.227. The van der Waals surface area contributed by atoms with Crippen LogP contribution < -0.4 is 16.4 Å². The van der Waals surface area contributed by atoms with Gasteiger partial charge < -0.3 is 21.5 Å². The van der Waals surface area contributed by atoms with Gasteiger partial charge in [-0.05, 0) is 42.3 Å². The van der Waals surface area contributed by atoms with Crippen LogP contribution in [0.25, 0.3) is 17.0 Å². The van der Waals surface area contributed by atoms with Crippen molar-refractivity contribution in [3.05, 3.63) is 57.5 Å². The number of amides is 2. The fourth-order valence-electron chi connectivity index (χ4n) is 3.44. The Hall–Kier alpha value is -3.71. The molecule has 9 nitrogen and oxygen atoms in total. The van der Waals surface area contributed by atoms with Gasteiger partial charge in [-0.1, -0.05) is 17.7 Å². The monoisotopic (exact) mass is 541 g/mol. The largest absolute Gasteiger partial charge is 0.490 e. The summed E-state index contributed by atoms with van der Waals surface area (Å²) in [5.41, 5.74) is 6.44. The number of hydrogen-bond acceptors (Lipinski definition) is 7. The minimum atomic E-state index is -5.08. The predicted molar refractivity (Wildman–Crippen MR) is 128 cm³/mol. The number of alkyl halides is 3. The third-order valence-corrected chi connectivity index (χ3v) is 6.30. The molecule has 0 spiro atoms. The van der Waals surface area contributed by atoms with E-state index in [1.54, 1.807) is 12.1 Å². The Balaban J connectivity index is 0.000000454. The molecule has 0 radical (unpaired) electrons. The number of carboxylic acid groups (broad SMARTS) is 1. The first-order valence-electron chi connectivity index (χ1n) is 10.2. The highest BCUT2D eigenvalue weighted by Gasteiger charge is 2.43. The summed E-state index contributed by atoms with van der Waals surface area (Å²) >= 11 is 7.28. The molecule has 0 aliphatic carbocycles. The Morgan fingerprint density at radius 2 is 2.00 bits per heavy atom. The number of thiophene rings is 1. The number of fused-ring (bicyclic) bond motifs is 1. The third-order valence-electron chi connectivity index (χ3n) is 5.11. The summed E-state index contributed by atoms with van der Waals surface area (Å²) in [5.74, 6) is -2.88. The van der Waals surface area contributed by atoms with Gasteiger partial charge in [0.1, 0.15) is 17.7 Å². The normalized spacial score (nSPS) is 17.5. The number of nitrogens with zero attached hydrogens (tertiary/aromatic N) is 2. The van der Waals surface area contributed by atoms with Crippen molar-refractivity contribution in [3.63, 3.8) is 0 Å². The Morgan fingerprint density at radius 3 is 2.58 bits per heavy atom. The first-order chi connectivity index (χ1) is 16.9. The molecule has 1 saturated heterocycles.